The van der Waals surface area contributed by atoms with Crippen molar-refractivity contribution in [2.45, 2.75) is 33.4 Å². The number of aryl methyl sites for hydroxylation is 1. The number of allylic oxidation sites excluding steroid dienone is 1. The highest BCUT2D eigenvalue weighted by Gasteiger charge is 2.33. The zero-order chi connectivity index (χ0) is 29.3. The third-order valence-corrected chi connectivity index (χ3v) is 9.32. The molecule has 0 spiro atoms. The Morgan fingerprint density at radius 2 is 1.80 bits per heavy atom. The van der Waals surface area contributed by atoms with Gasteiger partial charge in [0, 0.05) is 5.02 Å². The van der Waals surface area contributed by atoms with Crippen LogP contribution in [0, 0.1) is 14.1 Å². The molecular formula is C31H25ClI2N2O4S. The van der Waals surface area contributed by atoms with E-state index >= 15 is 0 Å². The van der Waals surface area contributed by atoms with Crippen LogP contribution in [0.1, 0.15) is 42.1 Å². The van der Waals surface area contributed by atoms with E-state index in [1.165, 1.54) is 11.3 Å². The van der Waals surface area contributed by atoms with Crippen LogP contribution in [0.3, 0.4) is 0 Å². The first-order valence-electron chi connectivity index (χ1n) is 12.8. The molecule has 1 aliphatic rings. The minimum Gasteiger partial charge on any atom is -0.487 e. The number of benzene rings is 3. The molecule has 41 heavy (non-hydrogen) atoms. The van der Waals surface area contributed by atoms with Crippen LogP contribution in [0.5, 0.6) is 5.75 Å². The summed E-state index contributed by atoms with van der Waals surface area (Å²) in [5, 5.41) is 0.668. The molecule has 5 rings (SSSR count). The van der Waals surface area contributed by atoms with Gasteiger partial charge in [0.05, 0.1) is 35.6 Å². The van der Waals surface area contributed by atoms with E-state index in [0.29, 0.717) is 32.2 Å². The average molecular weight is 811 g/mol. The molecule has 4 aromatic rings. The van der Waals surface area contributed by atoms with Gasteiger partial charge in [0.1, 0.15) is 12.4 Å². The Hall–Kier alpha value is -2.48. The van der Waals surface area contributed by atoms with Crippen LogP contribution in [0.25, 0.3) is 6.08 Å². The van der Waals surface area contributed by atoms with Gasteiger partial charge in [0.15, 0.2) is 4.80 Å². The number of halogens is 3. The van der Waals surface area contributed by atoms with Crippen molar-refractivity contribution in [1.82, 2.24) is 4.57 Å². The SMILES string of the molecule is CCOC(=O)C1=C(C)N=c2s/c(=C\c3cc(I)c(OCc4cccc(Cl)c4)c(I)c3)c(=O)n2[C@H]1c1ccc(C)cc1. The number of rotatable bonds is 7. The largest absolute Gasteiger partial charge is 0.487 e. The Balaban J connectivity index is 1.55. The van der Waals surface area contributed by atoms with E-state index in [0.717, 1.165) is 35.1 Å². The van der Waals surface area contributed by atoms with E-state index in [4.69, 9.17) is 21.1 Å². The molecule has 0 radical (unpaired) electrons. The molecule has 0 saturated heterocycles. The molecule has 1 aliphatic heterocycles. The Labute approximate surface area is 273 Å². The number of ether oxygens (including phenoxy) is 2. The summed E-state index contributed by atoms with van der Waals surface area (Å²) in [5.74, 6) is 0.310. The van der Waals surface area contributed by atoms with Crippen LogP contribution < -0.4 is 19.6 Å². The summed E-state index contributed by atoms with van der Waals surface area (Å²) in [6.45, 7) is 6.18. The van der Waals surface area contributed by atoms with Gasteiger partial charge >= 0.3 is 5.97 Å². The normalized spacial score (nSPS) is 15.0. The zero-order valence-corrected chi connectivity index (χ0v) is 28.3. The maximum atomic E-state index is 13.9. The Morgan fingerprint density at radius 1 is 1.10 bits per heavy atom. The van der Waals surface area contributed by atoms with E-state index in [-0.39, 0.29) is 12.2 Å². The fraction of sp³-hybridized carbons (Fsp3) is 0.194. The molecule has 0 fully saturated rings. The molecule has 1 atom stereocenters. The summed E-state index contributed by atoms with van der Waals surface area (Å²) in [6.07, 6.45) is 1.87. The van der Waals surface area contributed by atoms with Gasteiger partial charge in [-0.25, -0.2) is 9.79 Å². The number of hydrogen-bond acceptors (Lipinski definition) is 6. The third kappa shape index (κ3) is 6.47. The van der Waals surface area contributed by atoms with Crippen LogP contribution in [-0.4, -0.2) is 17.1 Å². The van der Waals surface area contributed by atoms with E-state index in [1.807, 2.05) is 73.7 Å². The molecular weight excluding hydrogens is 786 g/mol. The number of thiazole rings is 1. The van der Waals surface area contributed by atoms with Crippen LogP contribution in [-0.2, 0) is 16.1 Å². The predicted octanol–water partition coefficient (Wildman–Crippen LogP) is 6.55. The lowest BCUT2D eigenvalue weighted by molar-refractivity contribution is -0.139. The minimum absolute atomic E-state index is 0.208. The number of fused-ring (bicyclic) bond motifs is 1. The summed E-state index contributed by atoms with van der Waals surface area (Å²) >= 11 is 11.9. The lowest BCUT2D eigenvalue weighted by Gasteiger charge is -2.24. The fourth-order valence-corrected chi connectivity index (χ4v) is 7.98. The van der Waals surface area contributed by atoms with Gasteiger partial charge in [-0.05, 0) is 113 Å². The third-order valence-electron chi connectivity index (χ3n) is 6.50. The number of aromatic nitrogens is 1. The number of carbonyl (C=O) groups excluding carboxylic acids is 1. The number of hydrogen-bond donors (Lipinski definition) is 0. The summed E-state index contributed by atoms with van der Waals surface area (Å²) in [7, 11) is 0. The highest BCUT2D eigenvalue weighted by Crippen LogP contribution is 2.32. The van der Waals surface area contributed by atoms with Crippen molar-refractivity contribution in [2.75, 3.05) is 6.61 Å². The van der Waals surface area contributed by atoms with Crippen LogP contribution in [0.15, 0.2) is 81.7 Å². The van der Waals surface area contributed by atoms with Crippen LogP contribution in [0.2, 0.25) is 5.02 Å². The standard InChI is InChI=1S/C31H25ClI2N2O4S/c1-4-39-30(38)26-18(3)35-31-36(27(26)21-10-8-17(2)9-11-21)29(37)25(41-31)15-20-13-23(33)28(24(34)14-20)40-16-19-6-5-7-22(32)12-19/h5-15,27H,4,16H2,1-3H3/b25-15-/t27-/m0/s1. The molecule has 210 valence electrons. The summed E-state index contributed by atoms with van der Waals surface area (Å²) in [4.78, 5) is 32.2. The van der Waals surface area contributed by atoms with E-state index in [2.05, 4.69) is 50.2 Å². The monoisotopic (exact) mass is 810 g/mol. The minimum atomic E-state index is -0.629. The summed E-state index contributed by atoms with van der Waals surface area (Å²) in [5.41, 5.74) is 4.48. The molecule has 10 heteroatoms. The fourth-order valence-electron chi connectivity index (χ4n) is 4.59. The maximum Gasteiger partial charge on any atom is 0.338 e. The highest BCUT2D eigenvalue weighted by molar-refractivity contribution is 14.1. The summed E-state index contributed by atoms with van der Waals surface area (Å²) < 4.78 is 15.5. The van der Waals surface area contributed by atoms with E-state index < -0.39 is 12.0 Å². The van der Waals surface area contributed by atoms with E-state index in [1.54, 1.807) is 18.4 Å². The van der Waals surface area contributed by atoms with Gasteiger partial charge in [-0.15, -0.1) is 0 Å². The topological polar surface area (TPSA) is 69.9 Å². The molecule has 0 bridgehead atoms. The Kier molecular flexibility index (Phi) is 9.37. The average Bonchev–Trinajstić information content (AvgIpc) is 3.22. The van der Waals surface area contributed by atoms with Gasteiger partial charge in [0.25, 0.3) is 5.56 Å². The molecule has 2 heterocycles. The van der Waals surface area contributed by atoms with Crippen LogP contribution >= 0.6 is 68.1 Å². The highest BCUT2D eigenvalue weighted by atomic mass is 127. The lowest BCUT2D eigenvalue weighted by atomic mass is 9.95. The molecule has 3 aromatic carbocycles. The second-order valence-corrected chi connectivity index (χ2v) is 13.2. The van der Waals surface area contributed by atoms with Gasteiger partial charge in [-0.3, -0.25) is 9.36 Å². The number of nitrogens with zero attached hydrogens (tertiary/aromatic N) is 2. The smallest absolute Gasteiger partial charge is 0.338 e. The van der Waals surface area contributed by atoms with E-state index in [9.17, 15) is 9.59 Å². The first-order chi connectivity index (χ1) is 19.7. The molecule has 0 unspecified atom stereocenters. The second-order valence-electron chi connectivity index (χ2n) is 9.45. The van der Waals surface area contributed by atoms with Crippen molar-refractivity contribution >= 4 is 80.2 Å². The van der Waals surface area contributed by atoms with Crippen molar-refractivity contribution < 1.29 is 14.3 Å². The van der Waals surface area contributed by atoms with Crippen molar-refractivity contribution in [2.24, 2.45) is 4.99 Å². The maximum absolute atomic E-state index is 13.9. The molecule has 0 aliphatic carbocycles. The number of carbonyl (C=O) groups is 1. The van der Waals surface area contributed by atoms with Gasteiger partial charge in [0.2, 0.25) is 0 Å². The predicted molar refractivity (Wildman–Crippen MR) is 179 cm³/mol. The van der Waals surface area contributed by atoms with Crippen molar-refractivity contribution in [1.29, 1.82) is 0 Å². The molecule has 1 aromatic heterocycles. The van der Waals surface area contributed by atoms with Gasteiger partial charge in [-0.1, -0.05) is 64.9 Å². The molecule has 0 N–H and O–H groups in total. The summed E-state index contributed by atoms with van der Waals surface area (Å²) in [6, 6.07) is 18.8. The Bertz CT molecular complexity index is 1840. The van der Waals surface area contributed by atoms with Crippen molar-refractivity contribution in [3.05, 3.63) is 126 Å². The Morgan fingerprint density at radius 3 is 2.46 bits per heavy atom. The molecule has 0 saturated carbocycles. The second kappa shape index (κ2) is 12.8. The number of esters is 1. The van der Waals surface area contributed by atoms with Crippen molar-refractivity contribution in [3.8, 4) is 5.75 Å². The van der Waals surface area contributed by atoms with Crippen LogP contribution in [0.4, 0.5) is 0 Å². The molecule has 6 nitrogen and oxygen atoms in total. The first kappa shape index (κ1) is 30.0. The zero-order valence-electron chi connectivity index (χ0n) is 22.4. The molecule has 0 amide bonds. The quantitative estimate of drug-likeness (QED) is 0.157. The first-order valence-corrected chi connectivity index (χ1v) is 16.1. The van der Waals surface area contributed by atoms with Crippen molar-refractivity contribution in [3.63, 3.8) is 0 Å². The van der Waals surface area contributed by atoms with Gasteiger partial charge < -0.3 is 9.47 Å². The lowest BCUT2D eigenvalue weighted by Crippen LogP contribution is -2.39. The van der Waals surface area contributed by atoms with Gasteiger partial charge in [-0.2, -0.15) is 0 Å².